The molecule has 1 aliphatic heterocycles. The van der Waals surface area contributed by atoms with Crippen molar-refractivity contribution >= 4 is 20.3 Å². The summed E-state index contributed by atoms with van der Waals surface area (Å²) < 4.78 is 16.8. The van der Waals surface area contributed by atoms with Crippen LogP contribution in [0.1, 0.15) is 27.2 Å². The summed E-state index contributed by atoms with van der Waals surface area (Å²) in [6, 6.07) is 0. The van der Waals surface area contributed by atoms with E-state index in [1.54, 1.807) is 0 Å². The lowest BCUT2D eigenvalue weighted by atomic mass is 9.82. The molecule has 1 heterocycles. The number of esters is 2. The number of allylic oxidation sites excluding steroid dienone is 1. The van der Waals surface area contributed by atoms with Crippen LogP contribution in [0.2, 0.25) is 19.6 Å². The van der Waals surface area contributed by atoms with Crippen molar-refractivity contribution in [3.8, 4) is 0 Å². The molecule has 0 aromatic heterocycles. The fraction of sp³-hybridized carbons (Fsp3) is 0.733. The number of carbonyl (C=O) groups is 2. The third kappa shape index (κ3) is 3.94. The fourth-order valence-electron chi connectivity index (χ4n) is 2.68. The van der Waals surface area contributed by atoms with Crippen molar-refractivity contribution in [1.82, 2.24) is 0 Å². The van der Waals surface area contributed by atoms with Gasteiger partial charge < -0.3 is 13.9 Å². The van der Waals surface area contributed by atoms with Crippen molar-refractivity contribution in [2.24, 2.45) is 11.8 Å². The van der Waals surface area contributed by atoms with Crippen LogP contribution < -0.4 is 0 Å². The largest absolute Gasteiger partial charge is 0.547 e. The zero-order chi connectivity index (χ0) is 16.0. The molecule has 0 spiro atoms. The van der Waals surface area contributed by atoms with Gasteiger partial charge in [0.05, 0.1) is 23.4 Å². The second-order valence-electron chi connectivity index (χ2n) is 7.62. The van der Waals surface area contributed by atoms with Crippen molar-refractivity contribution in [3.63, 3.8) is 0 Å². The van der Waals surface area contributed by atoms with Gasteiger partial charge in [-0.05, 0) is 46.5 Å². The van der Waals surface area contributed by atoms with Crippen molar-refractivity contribution in [1.29, 1.82) is 0 Å². The second kappa shape index (κ2) is 5.25. The molecule has 0 N–H and O–H groups in total. The van der Waals surface area contributed by atoms with E-state index in [1.165, 1.54) is 0 Å². The van der Waals surface area contributed by atoms with E-state index in [9.17, 15) is 9.59 Å². The quantitative estimate of drug-likeness (QED) is 0.455. The van der Waals surface area contributed by atoms with Gasteiger partial charge in [0, 0.05) is 6.42 Å². The van der Waals surface area contributed by atoms with Gasteiger partial charge in [-0.2, -0.15) is 0 Å². The molecule has 3 atom stereocenters. The minimum atomic E-state index is -1.78. The van der Waals surface area contributed by atoms with Crippen LogP contribution in [0.3, 0.4) is 0 Å². The van der Waals surface area contributed by atoms with Gasteiger partial charge >= 0.3 is 11.9 Å². The molecule has 6 heteroatoms. The van der Waals surface area contributed by atoms with Gasteiger partial charge in [-0.15, -0.1) is 0 Å². The minimum absolute atomic E-state index is 0.417. The van der Waals surface area contributed by atoms with Crippen LogP contribution in [-0.2, 0) is 23.5 Å². The topological polar surface area (TPSA) is 61.8 Å². The normalized spacial score (nSPS) is 29.8. The van der Waals surface area contributed by atoms with Crippen LogP contribution in [0.25, 0.3) is 0 Å². The highest BCUT2D eigenvalue weighted by Gasteiger charge is 2.52. The van der Waals surface area contributed by atoms with Crippen molar-refractivity contribution in [3.05, 3.63) is 11.8 Å². The molecule has 0 aromatic carbocycles. The fourth-order valence-corrected chi connectivity index (χ4v) is 3.62. The second-order valence-corrected chi connectivity index (χ2v) is 12.0. The molecular formula is C15H24O5Si. The maximum atomic E-state index is 11.9. The average molecular weight is 312 g/mol. The zero-order valence-corrected chi connectivity index (χ0v) is 14.6. The Hall–Kier alpha value is -1.14. The van der Waals surface area contributed by atoms with Crippen molar-refractivity contribution in [2.75, 3.05) is 0 Å². The summed E-state index contributed by atoms with van der Waals surface area (Å²) in [6.45, 7) is 12.0. The number of cyclic esters (lactones) is 2. The van der Waals surface area contributed by atoms with Crippen LogP contribution >= 0.6 is 0 Å². The van der Waals surface area contributed by atoms with E-state index in [0.29, 0.717) is 6.42 Å². The molecule has 1 saturated heterocycles. The summed E-state index contributed by atoms with van der Waals surface area (Å²) in [6.07, 6.45) is 1.79. The number of ether oxygens (including phenoxy) is 2. The summed E-state index contributed by atoms with van der Waals surface area (Å²) in [7, 11) is -1.78. The van der Waals surface area contributed by atoms with E-state index >= 15 is 0 Å². The van der Waals surface area contributed by atoms with Crippen molar-refractivity contribution < 1.29 is 23.5 Å². The number of carbonyl (C=O) groups excluding carboxylic acids is 2. The molecule has 5 nitrogen and oxygen atoms in total. The zero-order valence-electron chi connectivity index (χ0n) is 13.6. The average Bonchev–Trinajstić information content (AvgIpc) is 2.49. The molecule has 0 unspecified atom stereocenters. The molecule has 0 amide bonds. The SMILES string of the molecule is CC(C)(C)O[C@@H]1C=C(O[Si](C)(C)C)C[C@@H]2C(=O)OC(=O)[C@@H]21. The first-order valence-corrected chi connectivity index (χ1v) is 10.7. The lowest BCUT2D eigenvalue weighted by Gasteiger charge is -2.35. The van der Waals surface area contributed by atoms with Crippen LogP contribution in [0.5, 0.6) is 0 Å². The van der Waals surface area contributed by atoms with E-state index in [-0.39, 0.29) is 0 Å². The number of hydrogen-bond acceptors (Lipinski definition) is 5. The van der Waals surface area contributed by atoms with Crippen LogP contribution in [0.4, 0.5) is 0 Å². The summed E-state index contributed by atoms with van der Waals surface area (Å²) in [5.41, 5.74) is -0.417. The Kier molecular flexibility index (Phi) is 4.05. The molecule has 118 valence electrons. The van der Waals surface area contributed by atoms with Crippen molar-refractivity contribution in [2.45, 2.75) is 58.5 Å². The Morgan fingerprint density at radius 1 is 1.19 bits per heavy atom. The molecule has 0 radical (unpaired) electrons. The molecule has 0 bridgehead atoms. The first-order valence-electron chi connectivity index (χ1n) is 7.29. The predicted molar refractivity (Wildman–Crippen MR) is 79.8 cm³/mol. The van der Waals surface area contributed by atoms with E-state index in [4.69, 9.17) is 13.9 Å². The maximum absolute atomic E-state index is 11.9. The summed E-state index contributed by atoms with van der Waals surface area (Å²) >= 11 is 0. The van der Waals surface area contributed by atoms with Gasteiger partial charge in [-0.1, -0.05) is 0 Å². The molecule has 2 aliphatic rings. The Balaban J connectivity index is 2.30. The highest BCUT2D eigenvalue weighted by molar-refractivity contribution is 6.70. The number of fused-ring (bicyclic) bond motifs is 1. The van der Waals surface area contributed by atoms with E-state index in [0.717, 1.165) is 5.76 Å². The van der Waals surface area contributed by atoms with E-state index in [2.05, 4.69) is 19.6 Å². The van der Waals surface area contributed by atoms with Gasteiger partial charge in [-0.25, -0.2) is 0 Å². The van der Waals surface area contributed by atoms with E-state index in [1.807, 2.05) is 26.8 Å². The first-order chi connectivity index (χ1) is 9.46. The van der Waals surface area contributed by atoms with Gasteiger partial charge in [0.15, 0.2) is 0 Å². The highest BCUT2D eigenvalue weighted by atomic mass is 28.4. The smallest absolute Gasteiger partial charge is 0.320 e. The lowest BCUT2D eigenvalue weighted by Crippen LogP contribution is -2.41. The molecule has 1 fully saturated rings. The molecule has 1 aliphatic carbocycles. The van der Waals surface area contributed by atoms with Gasteiger partial charge in [0.1, 0.15) is 5.92 Å². The molecule has 0 aromatic rings. The maximum Gasteiger partial charge on any atom is 0.320 e. The third-order valence-electron chi connectivity index (χ3n) is 3.26. The monoisotopic (exact) mass is 312 g/mol. The predicted octanol–water partition coefficient (Wildman–Crippen LogP) is 2.63. The number of hydrogen-bond donors (Lipinski definition) is 0. The Morgan fingerprint density at radius 2 is 1.81 bits per heavy atom. The molecule has 21 heavy (non-hydrogen) atoms. The number of rotatable bonds is 3. The van der Waals surface area contributed by atoms with Gasteiger partial charge in [0.2, 0.25) is 8.32 Å². The molecule has 2 rings (SSSR count). The first kappa shape index (κ1) is 16.2. The van der Waals surface area contributed by atoms with Crippen LogP contribution in [-0.4, -0.2) is 32.0 Å². The molecular weight excluding hydrogens is 288 g/mol. The summed E-state index contributed by atoms with van der Waals surface area (Å²) in [5, 5.41) is 0. The highest BCUT2D eigenvalue weighted by Crippen LogP contribution is 2.40. The molecule has 0 saturated carbocycles. The van der Waals surface area contributed by atoms with Crippen LogP contribution in [0, 0.1) is 11.8 Å². The minimum Gasteiger partial charge on any atom is -0.547 e. The Labute approximate surface area is 126 Å². The Morgan fingerprint density at radius 3 is 2.33 bits per heavy atom. The van der Waals surface area contributed by atoms with E-state index < -0.39 is 43.8 Å². The Bertz CT molecular complexity index is 483. The lowest BCUT2D eigenvalue weighted by molar-refractivity contribution is -0.155. The van der Waals surface area contributed by atoms with Crippen LogP contribution in [0.15, 0.2) is 11.8 Å². The summed E-state index contributed by atoms with van der Waals surface area (Å²) in [4.78, 5) is 23.8. The third-order valence-corrected chi connectivity index (χ3v) is 4.14. The van der Waals surface area contributed by atoms with Gasteiger partial charge in [-0.3, -0.25) is 9.59 Å². The standard InChI is InChI=1S/C15H24O5Si/c1-15(2,3)19-11-8-9(20-21(4,5)6)7-10-12(11)14(17)18-13(10)16/h8,10-12H,7H2,1-6H3/t10-,11+,12-/m0/s1. The summed E-state index contributed by atoms with van der Waals surface area (Å²) in [5.74, 6) is -1.23. The van der Waals surface area contributed by atoms with Gasteiger partial charge in [0.25, 0.3) is 0 Å².